The Hall–Kier alpha value is -1.55. The summed E-state index contributed by atoms with van der Waals surface area (Å²) in [6, 6.07) is 6.85. The number of likely N-dealkylation sites (N-methyl/N-ethyl adjacent to an activating group) is 1. The monoisotopic (exact) mass is 230 g/mol. The first-order valence-electron chi connectivity index (χ1n) is 6.22. The summed E-state index contributed by atoms with van der Waals surface area (Å²) in [5.41, 5.74) is 1.01. The number of hydrogen-bond acceptors (Lipinski definition) is 3. The Morgan fingerprint density at radius 1 is 1.47 bits per heavy atom. The van der Waals surface area contributed by atoms with Gasteiger partial charge in [0.25, 0.3) is 0 Å². The van der Waals surface area contributed by atoms with Crippen molar-refractivity contribution >= 4 is 11.5 Å². The fourth-order valence-electron chi connectivity index (χ4n) is 2.57. The van der Waals surface area contributed by atoms with Crippen LogP contribution in [0.25, 0.3) is 5.65 Å². The third kappa shape index (κ3) is 1.89. The number of imidazole rings is 1. The van der Waals surface area contributed by atoms with E-state index in [1.165, 1.54) is 18.7 Å². The predicted molar refractivity (Wildman–Crippen MR) is 69.5 cm³/mol. The molecule has 0 spiro atoms. The highest BCUT2D eigenvalue weighted by Gasteiger charge is 2.19. The van der Waals surface area contributed by atoms with Crippen molar-refractivity contribution < 1.29 is 0 Å². The lowest BCUT2D eigenvalue weighted by Gasteiger charge is -2.33. The molecule has 90 valence electrons. The maximum Gasteiger partial charge on any atom is 0.138 e. The molecule has 1 N–H and O–H groups in total. The first-order valence-corrected chi connectivity index (χ1v) is 6.22. The zero-order chi connectivity index (χ0) is 11.7. The fraction of sp³-hybridized carbons (Fsp3) is 0.462. The molecule has 1 aliphatic heterocycles. The van der Waals surface area contributed by atoms with Gasteiger partial charge in [0.05, 0.1) is 0 Å². The minimum absolute atomic E-state index is 0.580. The summed E-state index contributed by atoms with van der Waals surface area (Å²) in [5, 5.41) is 3.46. The number of fused-ring (bicyclic) bond motifs is 1. The molecular weight excluding hydrogens is 212 g/mol. The van der Waals surface area contributed by atoms with E-state index in [4.69, 9.17) is 0 Å². The van der Waals surface area contributed by atoms with Gasteiger partial charge in [0, 0.05) is 32.0 Å². The van der Waals surface area contributed by atoms with Crippen molar-refractivity contribution in [2.45, 2.75) is 18.9 Å². The number of nitrogens with one attached hydrogen (secondary N) is 1. The third-order valence-electron chi connectivity index (χ3n) is 3.59. The summed E-state index contributed by atoms with van der Waals surface area (Å²) in [6.45, 7) is 2.22. The van der Waals surface area contributed by atoms with Gasteiger partial charge in [-0.15, -0.1) is 0 Å². The van der Waals surface area contributed by atoms with Crippen molar-refractivity contribution in [2.24, 2.45) is 0 Å². The van der Waals surface area contributed by atoms with Crippen molar-refractivity contribution in [1.82, 2.24) is 14.7 Å². The van der Waals surface area contributed by atoms with E-state index in [1.54, 1.807) is 0 Å². The molecule has 4 heteroatoms. The summed E-state index contributed by atoms with van der Waals surface area (Å²) < 4.78 is 2.15. The number of piperidine rings is 1. The average Bonchev–Trinajstić information content (AvgIpc) is 2.87. The molecule has 3 rings (SSSR count). The van der Waals surface area contributed by atoms with Crippen LogP contribution in [0.5, 0.6) is 0 Å². The number of anilines is 1. The van der Waals surface area contributed by atoms with Gasteiger partial charge >= 0.3 is 0 Å². The maximum absolute atomic E-state index is 4.33. The molecule has 2 aromatic heterocycles. The molecule has 0 aromatic carbocycles. The molecule has 17 heavy (non-hydrogen) atoms. The Morgan fingerprint density at radius 2 is 2.41 bits per heavy atom. The van der Waals surface area contributed by atoms with Gasteiger partial charge in [-0.25, -0.2) is 4.98 Å². The van der Waals surface area contributed by atoms with Crippen molar-refractivity contribution in [3.8, 4) is 0 Å². The molecule has 0 amide bonds. The fourth-order valence-corrected chi connectivity index (χ4v) is 2.57. The summed E-state index contributed by atoms with van der Waals surface area (Å²) in [5.74, 6) is 1.22. The molecule has 1 unspecified atom stereocenters. The average molecular weight is 230 g/mol. The lowest BCUT2D eigenvalue weighted by atomic mass is 10.1. The molecule has 1 saturated heterocycles. The summed E-state index contributed by atoms with van der Waals surface area (Å²) in [6.07, 6.45) is 6.40. The minimum atomic E-state index is 0.580. The molecule has 0 saturated carbocycles. The second-order valence-electron chi connectivity index (χ2n) is 4.65. The molecule has 4 nitrogen and oxygen atoms in total. The minimum Gasteiger partial charge on any atom is -0.356 e. The Labute approximate surface area is 101 Å². The Morgan fingerprint density at radius 3 is 3.24 bits per heavy atom. The van der Waals surface area contributed by atoms with Crippen LogP contribution in [0, 0.1) is 0 Å². The van der Waals surface area contributed by atoms with Crippen molar-refractivity contribution in [1.29, 1.82) is 0 Å². The van der Waals surface area contributed by atoms with Crippen LogP contribution in [0.4, 0.5) is 5.82 Å². The highest BCUT2D eigenvalue weighted by Crippen LogP contribution is 2.20. The van der Waals surface area contributed by atoms with Gasteiger partial charge in [-0.3, -0.25) is 4.40 Å². The summed E-state index contributed by atoms with van der Waals surface area (Å²) >= 11 is 0. The summed E-state index contributed by atoms with van der Waals surface area (Å²) in [7, 11) is 2.17. The molecule has 2 aromatic rings. The van der Waals surface area contributed by atoms with Gasteiger partial charge < -0.3 is 10.2 Å². The smallest absolute Gasteiger partial charge is 0.138 e. The van der Waals surface area contributed by atoms with Crippen LogP contribution in [0.1, 0.15) is 12.8 Å². The molecule has 3 heterocycles. The number of pyridine rings is 1. The molecule has 0 aliphatic carbocycles. The van der Waals surface area contributed by atoms with Crippen LogP contribution in [0.3, 0.4) is 0 Å². The topological polar surface area (TPSA) is 32.6 Å². The van der Waals surface area contributed by atoms with Crippen LogP contribution in [0.2, 0.25) is 0 Å². The zero-order valence-electron chi connectivity index (χ0n) is 10.1. The van der Waals surface area contributed by atoms with E-state index in [1.807, 2.05) is 18.5 Å². The second kappa shape index (κ2) is 4.37. The first-order chi connectivity index (χ1) is 8.36. The van der Waals surface area contributed by atoms with Gasteiger partial charge in [0.1, 0.15) is 11.5 Å². The number of nitrogens with zero attached hydrogens (tertiary/aromatic N) is 3. The number of hydrogen-bond donors (Lipinski definition) is 1. The van der Waals surface area contributed by atoms with Crippen molar-refractivity contribution in [3.63, 3.8) is 0 Å². The van der Waals surface area contributed by atoms with Gasteiger partial charge in [0.15, 0.2) is 0 Å². The highest BCUT2D eigenvalue weighted by atomic mass is 15.2. The van der Waals surface area contributed by atoms with E-state index >= 15 is 0 Å². The molecule has 0 bridgehead atoms. The Kier molecular flexibility index (Phi) is 2.73. The Balaban J connectivity index is 1.94. The molecule has 1 aliphatic rings. The predicted octanol–water partition coefficient (Wildman–Crippen LogP) is 1.52. The molecule has 1 fully saturated rings. The number of aromatic nitrogens is 2. The van der Waals surface area contributed by atoms with Crippen LogP contribution >= 0.6 is 0 Å². The van der Waals surface area contributed by atoms with Gasteiger partial charge in [0.2, 0.25) is 0 Å². The van der Waals surface area contributed by atoms with Crippen LogP contribution in [-0.4, -0.2) is 35.6 Å². The van der Waals surface area contributed by atoms with E-state index < -0.39 is 0 Å². The zero-order valence-corrected chi connectivity index (χ0v) is 10.1. The first kappa shape index (κ1) is 10.6. The van der Waals surface area contributed by atoms with E-state index in [0.29, 0.717) is 6.04 Å². The van der Waals surface area contributed by atoms with E-state index in [9.17, 15) is 0 Å². The lowest BCUT2D eigenvalue weighted by Crippen LogP contribution is -2.44. The molecular formula is C13H18N4. The van der Waals surface area contributed by atoms with Gasteiger partial charge in [-0.05, 0) is 31.5 Å². The molecule has 1 atom stereocenters. The van der Waals surface area contributed by atoms with E-state index in [0.717, 1.165) is 18.7 Å². The maximum atomic E-state index is 4.33. The largest absolute Gasteiger partial charge is 0.356 e. The van der Waals surface area contributed by atoms with Gasteiger partial charge in [-0.2, -0.15) is 0 Å². The SMILES string of the molecule is CN(c1cccc2nccn12)C1CCCNC1. The van der Waals surface area contributed by atoms with Crippen LogP contribution in [0.15, 0.2) is 30.6 Å². The Bertz CT molecular complexity index is 499. The van der Waals surface area contributed by atoms with Crippen molar-refractivity contribution in [3.05, 3.63) is 30.6 Å². The lowest BCUT2D eigenvalue weighted by molar-refractivity contribution is 0.442. The van der Waals surface area contributed by atoms with Gasteiger partial charge in [-0.1, -0.05) is 6.07 Å². The van der Waals surface area contributed by atoms with Crippen molar-refractivity contribution in [2.75, 3.05) is 25.0 Å². The van der Waals surface area contributed by atoms with Crippen LogP contribution < -0.4 is 10.2 Å². The normalized spacial score (nSPS) is 20.6. The van der Waals surface area contributed by atoms with E-state index in [-0.39, 0.29) is 0 Å². The second-order valence-corrected chi connectivity index (χ2v) is 4.65. The molecule has 0 radical (unpaired) electrons. The standard InChI is InChI=1S/C13H18N4/c1-16(11-4-3-7-14-10-11)13-6-2-5-12-15-8-9-17(12)13/h2,5-6,8-9,11,14H,3-4,7,10H2,1H3. The third-order valence-corrected chi connectivity index (χ3v) is 3.59. The quantitative estimate of drug-likeness (QED) is 0.849. The van der Waals surface area contributed by atoms with Crippen LogP contribution in [-0.2, 0) is 0 Å². The summed E-state index contributed by atoms with van der Waals surface area (Å²) in [4.78, 5) is 6.69. The highest BCUT2D eigenvalue weighted by molar-refractivity contribution is 5.51. The van der Waals surface area contributed by atoms with E-state index in [2.05, 4.69) is 38.8 Å². The number of rotatable bonds is 2.